The maximum Gasteiger partial charge on any atom is 0.259 e. The number of amides is 2. The van der Waals surface area contributed by atoms with E-state index in [0.717, 1.165) is 5.56 Å². The quantitative estimate of drug-likeness (QED) is 0.247. The van der Waals surface area contributed by atoms with Crippen molar-refractivity contribution in [1.29, 1.82) is 0 Å². The van der Waals surface area contributed by atoms with Crippen LogP contribution in [0.2, 0.25) is 10.0 Å². The molecule has 0 saturated heterocycles. The standard InChI is InChI=1S/C25H22BrCl2N3O5/c1-34-22-8-5-16(10-23(22)35-2)25(33)29-13-24(32)31-30-12-15-3-7-21(19(26)9-15)36-14-17-4-6-18(27)11-20(17)28/h3-12H,13-14H2,1-2H3,(H,29,33)(H,31,32). The minimum atomic E-state index is -0.487. The van der Waals surface area contributed by atoms with Crippen molar-refractivity contribution in [3.63, 3.8) is 0 Å². The van der Waals surface area contributed by atoms with Crippen molar-refractivity contribution in [3.05, 3.63) is 85.8 Å². The van der Waals surface area contributed by atoms with Crippen LogP contribution in [0.25, 0.3) is 0 Å². The van der Waals surface area contributed by atoms with Gasteiger partial charge in [-0.25, -0.2) is 5.43 Å². The number of carbonyl (C=O) groups is 2. The minimum Gasteiger partial charge on any atom is -0.493 e. The van der Waals surface area contributed by atoms with Crippen LogP contribution < -0.4 is 25.0 Å². The Kier molecular flexibility index (Phi) is 9.98. The molecule has 0 saturated carbocycles. The summed E-state index contributed by atoms with van der Waals surface area (Å²) >= 11 is 15.6. The zero-order chi connectivity index (χ0) is 26.1. The van der Waals surface area contributed by atoms with Gasteiger partial charge in [0.15, 0.2) is 11.5 Å². The molecule has 0 heterocycles. The highest BCUT2D eigenvalue weighted by Gasteiger charge is 2.12. The van der Waals surface area contributed by atoms with Gasteiger partial charge in [-0.05, 0) is 70.0 Å². The number of rotatable bonds is 10. The zero-order valence-electron chi connectivity index (χ0n) is 19.3. The van der Waals surface area contributed by atoms with E-state index in [1.807, 2.05) is 0 Å². The van der Waals surface area contributed by atoms with Crippen molar-refractivity contribution >= 4 is 57.2 Å². The number of methoxy groups -OCH3 is 2. The lowest BCUT2D eigenvalue weighted by Gasteiger charge is -2.10. The van der Waals surface area contributed by atoms with E-state index in [9.17, 15) is 9.59 Å². The average Bonchev–Trinajstić information content (AvgIpc) is 2.87. The number of benzene rings is 3. The van der Waals surface area contributed by atoms with Crippen molar-refractivity contribution in [2.75, 3.05) is 20.8 Å². The van der Waals surface area contributed by atoms with Gasteiger partial charge in [0.05, 0.1) is 31.5 Å². The number of nitrogens with one attached hydrogen (secondary N) is 2. The van der Waals surface area contributed by atoms with Crippen molar-refractivity contribution in [1.82, 2.24) is 10.7 Å². The molecule has 0 aliphatic heterocycles. The molecule has 0 atom stereocenters. The van der Waals surface area contributed by atoms with Crippen LogP contribution in [0.5, 0.6) is 17.2 Å². The van der Waals surface area contributed by atoms with Crippen LogP contribution in [0.15, 0.2) is 64.2 Å². The molecular weight excluding hydrogens is 573 g/mol. The van der Waals surface area contributed by atoms with Gasteiger partial charge in [-0.2, -0.15) is 5.10 Å². The largest absolute Gasteiger partial charge is 0.493 e. The number of halogens is 3. The molecule has 0 aliphatic carbocycles. The first-order chi connectivity index (χ1) is 17.3. The molecule has 36 heavy (non-hydrogen) atoms. The maximum atomic E-state index is 12.3. The van der Waals surface area contributed by atoms with E-state index in [-0.39, 0.29) is 13.2 Å². The Balaban J connectivity index is 1.48. The first-order valence-electron chi connectivity index (χ1n) is 10.5. The predicted molar refractivity (Wildman–Crippen MR) is 143 cm³/mol. The van der Waals surface area contributed by atoms with Gasteiger partial charge in [-0.15, -0.1) is 0 Å². The Labute approximate surface area is 226 Å². The Morgan fingerprint density at radius 1 is 0.972 bits per heavy atom. The lowest BCUT2D eigenvalue weighted by molar-refractivity contribution is -0.120. The second kappa shape index (κ2) is 13.2. The molecule has 0 fully saturated rings. The van der Waals surface area contributed by atoms with Crippen molar-refractivity contribution in [2.45, 2.75) is 6.61 Å². The van der Waals surface area contributed by atoms with Crippen LogP contribution in [-0.4, -0.2) is 38.8 Å². The Morgan fingerprint density at radius 2 is 1.72 bits per heavy atom. The van der Waals surface area contributed by atoms with Crippen molar-refractivity contribution in [3.8, 4) is 17.2 Å². The van der Waals surface area contributed by atoms with Crippen LogP contribution in [0.1, 0.15) is 21.5 Å². The molecule has 0 aromatic heterocycles. The molecule has 3 aromatic rings. The smallest absolute Gasteiger partial charge is 0.259 e. The molecule has 3 rings (SSSR count). The summed E-state index contributed by atoms with van der Waals surface area (Å²) in [6.07, 6.45) is 1.47. The summed E-state index contributed by atoms with van der Waals surface area (Å²) in [6.45, 7) is 0.0152. The fraction of sp³-hybridized carbons (Fsp3) is 0.160. The monoisotopic (exact) mass is 593 g/mol. The van der Waals surface area contributed by atoms with Crippen LogP contribution in [0.3, 0.4) is 0 Å². The topological polar surface area (TPSA) is 98.2 Å². The van der Waals surface area contributed by atoms with E-state index in [0.29, 0.717) is 42.9 Å². The number of carbonyl (C=O) groups excluding carboxylic acids is 2. The Bertz CT molecular complexity index is 1290. The number of hydrogen-bond acceptors (Lipinski definition) is 6. The molecule has 0 radical (unpaired) electrons. The second-order valence-electron chi connectivity index (χ2n) is 7.26. The molecule has 11 heteroatoms. The number of ether oxygens (including phenoxy) is 3. The summed E-state index contributed by atoms with van der Waals surface area (Å²) < 4.78 is 16.8. The van der Waals surface area contributed by atoms with E-state index in [2.05, 4.69) is 31.8 Å². The number of nitrogens with zero attached hydrogens (tertiary/aromatic N) is 1. The molecule has 0 aliphatic rings. The third-order valence-corrected chi connectivity index (χ3v) is 6.02. The first kappa shape index (κ1) is 27.3. The summed E-state index contributed by atoms with van der Waals surface area (Å²) in [6, 6.07) is 15.2. The summed E-state index contributed by atoms with van der Waals surface area (Å²) in [5, 5.41) is 7.53. The third kappa shape index (κ3) is 7.61. The normalized spacial score (nSPS) is 10.7. The fourth-order valence-corrected chi connectivity index (χ4v) is 3.94. The summed E-state index contributed by atoms with van der Waals surface area (Å²) in [7, 11) is 2.98. The van der Waals surface area contributed by atoms with Gasteiger partial charge in [-0.3, -0.25) is 9.59 Å². The molecule has 0 unspecified atom stereocenters. The Morgan fingerprint density at radius 3 is 2.42 bits per heavy atom. The molecule has 3 aromatic carbocycles. The number of hydrogen-bond donors (Lipinski definition) is 2. The van der Waals surface area contributed by atoms with E-state index < -0.39 is 11.8 Å². The van der Waals surface area contributed by atoms with E-state index in [1.54, 1.807) is 48.5 Å². The van der Waals surface area contributed by atoms with Crippen molar-refractivity contribution < 1.29 is 23.8 Å². The van der Waals surface area contributed by atoms with Crippen LogP contribution in [0, 0.1) is 0 Å². The van der Waals surface area contributed by atoms with Crippen LogP contribution >= 0.6 is 39.1 Å². The lowest BCUT2D eigenvalue weighted by Crippen LogP contribution is -2.34. The fourth-order valence-electron chi connectivity index (χ4n) is 2.97. The minimum absolute atomic E-state index is 0.256. The molecule has 2 amide bonds. The predicted octanol–water partition coefficient (Wildman–Crippen LogP) is 5.23. The van der Waals surface area contributed by atoms with E-state index in [1.165, 1.54) is 26.5 Å². The van der Waals surface area contributed by atoms with Crippen LogP contribution in [-0.2, 0) is 11.4 Å². The highest BCUT2D eigenvalue weighted by Crippen LogP contribution is 2.29. The summed E-state index contributed by atoms with van der Waals surface area (Å²) in [4.78, 5) is 24.4. The van der Waals surface area contributed by atoms with Gasteiger partial charge < -0.3 is 19.5 Å². The SMILES string of the molecule is COc1ccc(C(=O)NCC(=O)NN=Cc2ccc(OCc3ccc(Cl)cc3Cl)c(Br)c2)cc1OC. The van der Waals surface area contributed by atoms with Crippen LogP contribution in [0.4, 0.5) is 0 Å². The van der Waals surface area contributed by atoms with E-state index >= 15 is 0 Å². The summed E-state index contributed by atoms with van der Waals surface area (Å²) in [5.41, 5.74) is 4.22. The summed E-state index contributed by atoms with van der Waals surface area (Å²) in [5.74, 6) is 0.599. The molecule has 188 valence electrons. The van der Waals surface area contributed by atoms with Gasteiger partial charge in [0.1, 0.15) is 12.4 Å². The number of hydrazone groups is 1. The zero-order valence-corrected chi connectivity index (χ0v) is 22.4. The highest BCUT2D eigenvalue weighted by atomic mass is 79.9. The van der Waals surface area contributed by atoms with Gasteiger partial charge in [0, 0.05) is 21.2 Å². The van der Waals surface area contributed by atoms with Gasteiger partial charge >= 0.3 is 0 Å². The average molecular weight is 595 g/mol. The lowest BCUT2D eigenvalue weighted by atomic mass is 10.2. The van der Waals surface area contributed by atoms with Gasteiger partial charge in [0.25, 0.3) is 11.8 Å². The molecule has 0 bridgehead atoms. The first-order valence-corrected chi connectivity index (χ1v) is 12.0. The Hall–Kier alpha value is -3.27. The molecule has 8 nitrogen and oxygen atoms in total. The highest BCUT2D eigenvalue weighted by molar-refractivity contribution is 9.10. The molecular formula is C25H22BrCl2N3O5. The maximum absolute atomic E-state index is 12.3. The third-order valence-electron chi connectivity index (χ3n) is 4.81. The van der Waals surface area contributed by atoms with Gasteiger partial charge in [-0.1, -0.05) is 29.3 Å². The second-order valence-corrected chi connectivity index (χ2v) is 8.96. The van der Waals surface area contributed by atoms with E-state index in [4.69, 9.17) is 37.4 Å². The van der Waals surface area contributed by atoms with Gasteiger partial charge in [0.2, 0.25) is 0 Å². The molecule has 0 spiro atoms. The van der Waals surface area contributed by atoms with Crippen molar-refractivity contribution in [2.24, 2.45) is 5.10 Å². The molecule has 2 N–H and O–H groups in total.